The molecule has 1 heterocycles. The first-order valence-electron chi connectivity index (χ1n) is 7.14. The fraction of sp³-hybridized carbons (Fsp3) is 0.625. The molecule has 20 heavy (non-hydrogen) atoms. The highest BCUT2D eigenvalue weighted by molar-refractivity contribution is 5.17. The normalized spacial score (nSPS) is 21.9. The van der Waals surface area contributed by atoms with Crippen LogP contribution in [0.15, 0.2) is 18.2 Å². The first-order valence-corrected chi connectivity index (χ1v) is 7.14. The molecule has 2 rings (SSSR count). The summed E-state index contributed by atoms with van der Waals surface area (Å²) in [6.07, 6.45) is 2.03. The zero-order valence-corrected chi connectivity index (χ0v) is 12.7. The van der Waals surface area contributed by atoms with Crippen LogP contribution in [0.1, 0.15) is 46.1 Å². The van der Waals surface area contributed by atoms with Gasteiger partial charge < -0.3 is 10.6 Å². The van der Waals surface area contributed by atoms with E-state index in [1.807, 2.05) is 0 Å². The third-order valence-electron chi connectivity index (χ3n) is 3.77. The molecule has 1 aromatic carbocycles. The van der Waals surface area contributed by atoms with Crippen LogP contribution in [-0.2, 0) is 6.54 Å². The maximum Gasteiger partial charge on any atom is 0.159 e. The second-order valence-corrected chi connectivity index (χ2v) is 7.13. The monoisotopic (exact) mass is 282 g/mol. The Kier molecular flexibility index (Phi) is 4.17. The first kappa shape index (κ1) is 15.4. The molecule has 0 aliphatic carbocycles. The Balaban J connectivity index is 1.98. The minimum atomic E-state index is -0.794. The molecule has 0 amide bonds. The summed E-state index contributed by atoms with van der Waals surface area (Å²) in [5.41, 5.74) is 0.930. The Hall–Kier alpha value is -1.00. The van der Waals surface area contributed by atoms with E-state index in [0.717, 1.165) is 18.4 Å². The van der Waals surface area contributed by atoms with Crippen LogP contribution in [0.2, 0.25) is 0 Å². The van der Waals surface area contributed by atoms with E-state index in [1.54, 1.807) is 6.07 Å². The topological polar surface area (TPSA) is 24.1 Å². The summed E-state index contributed by atoms with van der Waals surface area (Å²) in [4.78, 5) is 0. The quantitative estimate of drug-likeness (QED) is 0.888. The van der Waals surface area contributed by atoms with Crippen LogP contribution < -0.4 is 10.6 Å². The van der Waals surface area contributed by atoms with E-state index in [0.29, 0.717) is 12.6 Å². The lowest BCUT2D eigenvalue weighted by molar-refractivity contribution is 0.145. The van der Waals surface area contributed by atoms with E-state index in [-0.39, 0.29) is 11.1 Å². The fourth-order valence-corrected chi connectivity index (χ4v) is 3.38. The Bertz CT molecular complexity index is 467. The van der Waals surface area contributed by atoms with Crippen LogP contribution in [0.25, 0.3) is 0 Å². The number of hydrogen-bond acceptors (Lipinski definition) is 2. The maximum atomic E-state index is 13.2. The number of benzene rings is 1. The van der Waals surface area contributed by atoms with Crippen LogP contribution in [0.4, 0.5) is 8.78 Å². The van der Waals surface area contributed by atoms with Crippen LogP contribution in [-0.4, -0.2) is 17.1 Å². The van der Waals surface area contributed by atoms with Crippen molar-refractivity contribution in [2.45, 2.75) is 64.2 Å². The number of hydrogen-bond donors (Lipinski definition) is 2. The lowest BCUT2D eigenvalue weighted by Crippen LogP contribution is -2.61. The van der Waals surface area contributed by atoms with E-state index in [9.17, 15) is 8.78 Å². The highest BCUT2D eigenvalue weighted by Gasteiger charge is 2.37. The van der Waals surface area contributed by atoms with Gasteiger partial charge in [-0.25, -0.2) is 8.78 Å². The van der Waals surface area contributed by atoms with Crippen LogP contribution >= 0.6 is 0 Å². The van der Waals surface area contributed by atoms with Gasteiger partial charge in [-0.1, -0.05) is 6.07 Å². The van der Waals surface area contributed by atoms with Crippen molar-refractivity contribution in [3.05, 3.63) is 35.4 Å². The second kappa shape index (κ2) is 5.41. The van der Waals surface area contributed by atoms with Gasteiger partial charge in [-0.15, -0.1) is 0 Å². The lowest BCUT2D eigenvalue weighted by atomic mass is 9.79. The van der Waals surface area contributed by atoms with Gasteiger partial charge in [-0.3, -0.25) is 0 Å². The van der Waals surface area contributed by atoms with Crippen molar-refractivity contribution in [1.82, 2.24) is 10.6 Å². The smallest absolute Gasteiger partial charge is 0.159 e. The van der Waals surface area contributed by atoms with E-state index in [4.69, 9.17) is 0 Å². The molecule has 1 aliphatic rings. The average molecular weight is 282 g/mol. The second-order valence-electron chi connectivity index (χ2n) is 7.13. The Morgan fingerprint density at radius 1 is 1.10 bits per heavy atom. The van der Waals surface area contributed by atoms with E-state index in [1.165, 1.54) is 12.1 Å². The van der Waals surface area contributed by atoms with Crippen molar-refractivity contribution in [2.75, 3.05) is 0 Å². The Morgan fingerprint density at radius 2 is 1.70 bits per heavy atom. The molecule has 0 aromatic heterocycles. The van der Waals surface area contributed by atoms with Gasteiger partial charge in [0.15, 0.2) is 11.6 Å². The first-order chi connectivity index (χ1) is 9.17. The molecule has 2 N–H and O–H groups in total. The van der Waals surface area contributed by atoms with Crippen LogP contribution in [0, 0.1) is 11.6 Å². The minimum absolute atomic E-state index is 0.0768. The molecular formula is C16H24F2N2. The number of halogens is 2. The largest absolute Gasteiger partial charge is 0.310 e. The van der Waals surface area contributed by atoms with Gasteiger partial charge in [0.25, 0.3) is 0 Å². The molecule has 1 saturated heterocycles. The Morgan fingerprint density at radius 3 is 2.25 bits per heavy atom. The van der Waals surface area contributed by atoms with Gasteiger partial charge in [0, 0.05) is 23.7 Å². The summed E-state index contributed by atoms with van der Waals surface area (Å²) >= 11 is 0. The summed E-state index contributed by atoms with van der Waals surface area (Å²) < 4.78 is 26.1. The predicted octanol–water partition coefficient (Wildman–Crippen LogP) is 3.36. The van der Waals surface area contributed by atoms with Gasteiger partial charge in [-0.2, -0.15) is 0 Å². The molecule has 4 heteroatoms. The van der Waals surface area contributed by atoms with Gasteiger partial charge >= 0.3 is 0 Å². The summed E-state index contributed by atoms with van der Waals surface area (Å²) in [6.45, 7) is 9.34. The van der Waals surface area contributed by atoms with Gasteiger partial charge in [0.2, 0.25) is 0 Å². The highest BCUT2D eigenvalue weighted by atomic mass is 19.2. The molecule has 0 radical (unpaired) electrons. The lowest BCUT2D eigenvalue weighted by Gasteiger charge is -2.46. The summed E-state index contributed by atoms with van der Waals surface area (Å²) in [5, 5.41) is 7.09. The van der Waals surface area contributed by atoms with Crippen molar-refractivity contribution in [3.8, 4) is 0 Å². The third kappa shape index (κ3) is 4.00. The summed E-state index contributed by atoms with van der Waals surface area (Å²) in [6, 6.07) is 4.44. The van der Waals surface area contributed by atoms with Crippen LogP contribution in [0.5, 0.6) is 0 Å². The highest BCUT2D eigenvalue weighted by Crippen LogP contribution is 2.28. The molecule has 0 saturated carbocycles. The van der Waals surface area contributed by atoms with Crippen molar-refractivity contribution < 1.29 is 8.78 Å². The molecule has 1 fully saturated rings. The van der Waals surface area contributed by atoms with E-state index >= 15 is 0 Å². The van der Waals surface area contributed by atoms with Crippen LogP contribution in [0.3, 0.4) is 0 Å². The van der Waals surface area contributed by atoms with Crippen molar-refractivity contribution in [2.24, 2.45) is 0 Å². The standard InChI is InChI=1S/C16H24F2N2/c1-15(2)8-12(9-16(3,4)20-15)19-10-11-5-6-13(17)14(18)7-11/h5-7,12,19-20H,8-10H2,1-4H3. The molecule has 0 bridgehead atoms. The number of nitrogens with one attached hydrogen (secondary N) is 2. The van der Waals surface area contributed by atoms with Crippen molar-refractivity contribution in [3.63, 3.8) is 0 Å². The third-order valence-corrected chi connectivity index (χ3v) is 3.77. The molecule has 0 unspecified atom stereocenters. The SMILES string of the molecule is CC1(C)CC(NCc2ccc(F)c(F)c2)CC(C)(C)N1. The maximum absolute atomic E-state index is 13.2. The van der Waals surface area contributed by atoms with Gasteiger partial charge in [0.05, 0.1) is 0 Å². The zero-order chi connectivity index (χ0) is 15.0. The number of piperidine rings is 1. The molecule has 0 atom stereocenters. The molecule has 1 aliphatic heterocycles. The fourth-order valence-electron chi connectivity index (χ4n) is 3.38. The molecule has 112 valence electrons. The predicted molar refractivity (Wildman–Crippen MR) is 77.5 cm³/mol. The molecule has 2 nitrogen and oxygen atoms in total. The van der Waals surface area contributed by atoms with Crippen molar-refractivity contribution >= 4 is 0 Å². The van der Waals surface area contributed by atoms with E-state index in [2.05, 4.69) is 38.3 Å². The minimum Gasteiger partial charge on any atom is -0.310 e. The van der Waals surface area contributed by atoms with Gasteiger partial charge in [0.1, 0.15) is 0 Å². The molecule has 0 spiro atoms. The molecule has 1 aromatic rings. The zero-order valence-electron chi connectivity index (χ0n) is 12.7. The average Bonchev–Trinajstić information content (AvgIpc) is 2.27. The summed E-state index contributed by atoms with van der Waals surface area (Å²) in [7, 11) is 0. The Labute approximate surface area is 120 Å². The number of rotatable bonds is 3. The van der Waals surface area contributed by atoms with E-state index < -0.39 is 11.6 Å². The molecular weight excluding hydrogens is 258 g/mol. The van der Waals surface area contributed by atoms with Gasteiger partial charge in [-0.05, 0) is 58.2 Å². The summed E-state index contributed by atoms with van der Waals surface area (Å²) in [5.74, 6) is -1.58. The van der Waals surface area contributed by atoms with Crippen molar-refractivity contribution in [1.29, 1.82) is 0 Å².